The Balaban J connectivity index is 1.79. The van der Waals surface area contributed by atoms with Gasteiger partial charge >= 0.3 is 0 Å². The molecule has 33 heavy (non-hydrogen) atoms. The highest BCUT2D eigenvalue weighted by atomic mass is 32.2. The minimum absolute atomic E-state index is 0.0841. The third-order valence-electron chi connectivity index (χ3n) is 5.66. The van der Waals surface area contributed by atoms with Gasteiger partial charge in [-0.15, -0.1) is 0 Å². The van der Waals surface area contributed by atoms with Gasteiger partial charge < -0.3 is 9.64 Å². The Labute approximate surface area is 196 Å². The Bertz CT molecular complexity index is 1110. The minimum Gasteiger partial charge on any atom is -0.478 e. The quantitative estimate of drug-likeness (QED) is 0.646. The number of nitrogens with one attached hydrogen (secondary N) is 1. The van der Waals surface area contributed by atoms with Crippen LogP contribution in [0.15, 0.2) is 41.6 Å². The molecular formula is C24H34N4O4S. The summed E-state index contributed by atoms with van der Waals surface area (Å²) in [5.74, 6) is 0.373. The number of anilines is 1. The van der Waals surface area contributed by atoms with Crippen LogP contribution in [0.3, 0.4) is 0 Å². The molecule has 3 heterocycles. The average Bonchev–Trinajstić information content (AvgIpc) is 2.98. The van der Waals surface area contributed by atoms with E-state index in [4.69, 9.17) is 4.74 Å². The van der Waals surface area contributed by atoms with Crippen molar-refractivity contribution in [3.05, 3.63) is 42.1 Å². The predicted octanol–water partition coefficient (Wildman–Crippen LogP) is 4.04. The number of rotatable bonds is 7. The van der Waals surface area contributed by atoms with E-state index < -0.39 is 15.9 Å². The van der Waals surface area contributed by atoms with Crippen molar-refractivity contribution in [2.24, 2.45) is 11.3 Å². The number of carbonyl (C=O) groups excluding carboxylic acids is 1. The van der Waals surface area contributed by atoms with E-state index in [1.54, 1.807) is 30.5 Å². The maximum absolute atomic E-state index is 13.1. The van der Waals surface area contributed by atoms with Crippen molar-refractivity contribution in [1.82, 2.24) is 14.7 Å². The van der Waals surface area contributed by atoms with E-state index in [-0.39, 0.29) is 27.4 Å². The summed E-state index contributed by atoms with van der Waals surface area (Å²) in [6.45, 7) is 13.8. The second-order valence-corrected chi connectivity index (χ2v) is 12.1. The molecule has 0 saturated carbocycles. The molecule has 1 saturated heterocycles. The number of nitrogens with zero attached hydrogens (tertiary/aromatic N) is 3. The lowest BCUT2D eigenvalue weighted by Gasteiger charge is -2.33. The summed E-state index contributed by atoms with van der Waals surface area (Å²) in [6, 6.07) is 7.69. The van der Waals surface area contributed by atoms with E-state index >= 15 is 0 Å². The zero-order chi connectivity index (χ0) is 24.4. The number of pyridine rings is 2. The van der Waals surface area contributed by atoms with Crippen molar-refractivity contribution in [2.75, 3.05) is 18.1 Å². The fourth-order valence-corrected chi connectivity index (χ4v) is 4.99. The lowest BCUT2D eigenvalue weighted by atomic mass is 9.93. The number of amides is 1. The van der Waals surface area contributed by atoms with Gasteiger partial charge in [0, 0.05) is 24.3 Å². The molecule has 0 aromatic carbocycles. The molecule has 2 aromatic rings. The Kier molecular flexibility index (Phi) is 7.02. The van der Waals surface area contributed by atoms with Crippen LogP contribution in [0.25, 0.3) is 0 Å². The third-order valence-corrected chi connectivity index (χ3v) is 6.89. The van der Waals surface area contributed by atoms with Crippen molar-refractivity contribution in [1.29, 1.82) is 0 Å². The summed E-state index contributed by atoms with van der Waals surface area (Å²) < 4.78 is 33.6. The highest BCUT2D eigenvalue weighted by Gasteiger charge is 2.39. The van der Waals surface area contributed by atoms with Crippen molar-refractivity contribution in [2.45, 2.75) is 64.9 Å². The van der Waals surface area contributed by atoms with Crippen molar-refractivity contribution in [3.63, 3.8) is 0 Å². The number of ether oxygens (including phenoxy) is 1. The van der Waals surface area contributed by atoms with Gasteiger partial charge in [-0.25, -0.2) is 9.71 Å². The third kappa shape index (κ3) is 6.22. The van der Waals surface area contributed by atoms with E-state index in [9.17, 15) is 13.2 Å². The second-order valence-electron chi connectivity index (χ2n) is 10.5. The van der Waals surface area contributed by atoms with Gasteiger partial charge in [0.15, 0.2) is 5.03 Å². The standard InChI is InChI=1S/C24H34N4O4S/c1-17-15-24(5,6)28(16-17)21-18(9-8-13-25-21)22(29)27-33(30,31)20-11-7-10-19(26-20)32-14-12-23(2,3)4/h7-11,13,17H,12,14-16H2,1-6H3,(H,27,29). The molecule has 0 aliphatic carbocycles. The average molecular weight is 475 g/mol. The van der Waals surface area contributed by atoms with Crippen LogP contribution in [0.5, 0.6) is 5.88 Å². The van der Waals surface area contributed by atoms with Gasteiger partial charge in [-0.3, -0.25) is 4.79 Å². The number of hydrogen-bond donors (Lipinski definition) is 1. The van der Waals surface area contributed by atoms with Crippen LogP contribution < -0.4 is 14.4 Å². The minimum atomic E-state index is -4.20. The van der Waals surface area contributed by atoms with Crippen LogP contribution in [0.2, 0.25) is 0 Å². The molecule has 2 aromatic heterocycles. The first-order valence-corrected chi connectivity index (χ1v) is 12.7. The van der Waals surface area contributed by atoms with E-state index in [1.807, 2.05) is 0 Å². The zero-order valence-corrected chi connectivity index (χ0v) is 21.1. The molecule has 1 aliphatic rings. The van der Waals surface area contributed by atoms with Crippen LogP contribution in [0.4, 0.5) is 5.82 Å². The fraction of sp³-hybridized carbons (Fsp3) is 0.542. The van der Waals surface area contributed by atoms with Crippen LogP contribution in [-0.4, -0.2) is 43.0 Å². The first-order chi connectivity index (χ1) is 15.3. The monoisotopic (exact) mass is 474 g/mol. The largest absolute Gasteiger partial charge is 0.478 e. The summed E-state index contributed by atoms with van der Waals surface area (Å²) in [7, 11) is -4.20. The summed E-state index contributed by atoms with van der Waals surface area (Å²) in [4.78, 5) is 23.6. The van der Waals surface area contributed by atoms with Gasteiger partial charge in [-0.1, -0.05) is 33.8 Å². The van der Waals surface area contributed by atoms with Crippen LogP contribution in [0.1, 0.15) is 64.7 Å². The molecule has 3 rings (SSSR count). The summed E-state index contributed by atoms with van der Waals surface area (Å²) >= 11 is 0. The molecule has 1 amide bonds. The van der Waals surface area contributed by atoms with Gasteiger partial charge in [-0.05, 0) is 56.2 Å². The number of hydrogen-bond acceptors (Lipinski definition) is 7. The number of aromatic nitrogens is 2. The highest BCUT2D eigenvalue weighted by Crippen LogP contribution is 2.37. The lowest BCUT2D eigenvalue weighted by molar-refractivity contribution is 0.0981. The SMILES string of the molecule is CC1CN(c2ncccc2C(=O)NS(=O)(=O)c2cccc(OCCC(C)(C)C)n2)C(C)(C)C1. The number of sulfonamides is 1. The fourth-order valence-electron chi connectivity index (χ4n) is 4.07. The van der Waals surface area contributed by atoms with E-state index in [2.05, 4.69) is 61.1 Å². The summed E-state index contributed by atoms with van der Waals surface area (Å²) in [6.07, 6.45) is 3.35. The van der Waals surface area contributed by atoms with Crippen molar-refractivity contribution < 1.29 is 17.9 Å². The zero-order valence-electron chi connectivity index (χ0n) is 20.3. The van der Waals surface area contributed by atoms with Gasteiger partial charge in [0.05, 0.1) is 12.2 Å². The van der Waals surface area contributed by atoms with E-state index in [1.165, 1.54) is 6.07 Å². The van der Waals surface area contributed by atoms with E-state index in [0.29, 0.717) is 18.3 Å². The van der Waals surface area contributed by atoms with Gasteiger partial charge in [0.2, 0.25) is 5.88 Å². The predicted molar refractivity (Wildman–Crippen MR) is 128 cm³/mol. The molecule has 1 unspecified atom stereocenters. The molecule has 1 fully saturated rings. The Morgan fingerprint density at radius 2 is 1.97 bits per heavy atom. The Hall–Kier alpha value is -2.68. The van der Waals surface area contributed by atoms with Crippen molar-refractivity contribution >= 4 is 21.7 Å². The maximum atomic E-state index is 13.1. The van der Waals surface area contributed by atoms with Crippen LogP contribution in [-0.2, 0) is 10.0 Å². The Morgan fingerprint density at radius 1 is 1.24 bits per heavy atom. The second kappa shape index (κ2) is 9.29. The van der Waals surface area contributed by atoms with Gasteiger partial charge in [0.25, 0.3) is 15.9 Å². The molecule has 1 atom stereocenters. The molecule has 0 radical (unpaired) electrons. The molecule has 0 bridgehead atoms. The lowest BCUT2D eigenvalue weighted by Crippen LogP contribution is -2.41. The molecule has 8 nitrogen and oxygen atoms in total. The smallest absolute Gasteiger partial charge is 0.281 e. The van der Waals surface area contributed by atoms with Crippen molar-refractivity contribution in [3.8, 4) is 5.88 Å². The maximum Gasteiger partial charge on any atom is 0.281 e. The normalized spacial score (nSPS) is 18.2. The molecule has 180 valence electrons. The van der Waals surface area contributed by atoms with E-state index in [0.717, 1.165) is 19.4 Å². The van der Waals surface area contributed by atoms with Gasteiger partial charge in [0.1, 0.15) is 5.82 Å². The topological polar surface area (TPSA) is 101 Å². The van der Waals surface area contributed by atoms with Gasteiger partial charge in [-0.2, -0.15) is 13.4 Å². The summed E-state index contributed by atoms with van der Waals surface area (Å²) in [5.41, 5.74) is 0.101. The van der Waals surface area contributed by atoms with Crippen LogP contribution in [0, 0.1) is 11.3 Å². The first-order valence-electron chi connectivity index (χ1n) is 11.2. The number of carbonyl (C=O) groups is 1. The Morgan fingerprint density at radius 3 is 2.61 bits per heavy atom. The first kappa shape index (κ1) is 25.0. The molecule has 1 aliphatic heterocycles. The molecule has 1 N–H and O–H groups in total. The highest BCUT2D eigenvalue weighted by molar-refractivity contribution is 7.90. The molecule has 9 heteroatoms. The molecular weight excluding hydrogens is 440 g/mol. The van der Waals surface area contributed by atoms with Crippen LogP contribution >= 0.6 is 0 Å². The summed E-state index contributed by atoms with van der Waals surface area (Å²) in [5, 5.41) is -0.273. The molecule has 0 spiro atoms.